The summed E-state index contributed by atoms with van der Waals surface area (Å²) in [5, 5.41) is 2.51. The van der Waals surface area contributed by atoms with Crippen molar-refractivity contribution in [2.45, 2.75) is 142 Å². The smallest absolute Gasteiger partial charge is 0.132 e. The van der Waals surface area contributed by atoms with Crippen LogP contribution < -0.4 is 0 Å². The number of ketones is 1. The maximum atomic E-state index is 12.1. The van der Waals surface area contributed by atoms with Crippen molar-refractivity contribution in [2.24, 2.45) is 0 Å². The van der Waals surface area contributed by atoms with Gasteiger partial charge in [0.25, 0.3) is 0 Å². The van der Waals surface area contributed by atoms with Crippen LogP contribution >= 0.6 is 47.0 Å². The Morgan fingerprint density at radius 2 is 0.706 bits per heavy atom. The molecule has 0 rings (SSSR count). The van der Waals surface area contributed by atoms with Crippen LogP contribution in [0.2, 0.25) is 0 Å². The van der Waals surface area contributed by atoms with Crippen LogP contribution in [0.5, 0.6) is 0 Å². The molecule has 0 radical (unpaired) electrons. The Balaban J connectivity index is 3.14. The monoisotopic (exact) mass is 550 g/mol. The third kappa shape index (κ3) is 31.1. The first-order valence-corrected chi connectivity index (χ1v) is 19.3. The highest BCUT2D eigenvalue weighted by Crippen LogP contribution is 2.19. The standard InChI is InChI=1S/C29H58OS4/c1-3-5-7-9-11-17-23-31-27-33-25-19-13-15-21-29(30)22-16-14-20-26-34-28-32-24-18-12-10-8-6-4-2/h3-28H2,1-2H3. The molecule has 0 bridgehead atoms. The highest BCUT2D eigenvalue weighted by molar-refractivity contribution is 8.16. The number of Topliss-reactive ketones (excluding diaryl/α,β-unsaturated/α-hetero) is 1. The Morgan fingerprint density at radius 1 is 0.412 bits per heavy atom. The zero-order valence-electron chi connectivity index (χ0n) is 22.9. The lowest BCUT2D eigenvalue weighted by Crippen LogP contribution is -1.98. The molecule has 0 aromatic carbocycles. The summed E-state index contributed by atoms with van der Waals surface area (Å²) in [6.07, 6.45) is 25.7. The van der Waals surface area contributed by atoms with Gasteiger partial charge in [-0.2, -0.15) is 47.0 Å². The number of carbonyl (C=O) groups excluding carboxylic acids is 1. The minimum atomic E-state index is 0.504. The molecule has 0 aliphatic carbocycles. The van der Waals surface area contributed by atoms with Crippen molar-refractivity contribution in [3.05, 3.63) is 0 Å². The fourth-order valence-electron chi connectivity index (χ4n) is 3.85. The predicted octanol–water partition coefficient (Wildman–Crippen LogP) is 11.2. The number of rotatable bonds is 30. The first kappa shape index (κ1) is 35.1. The van der Waals surface area contributed by atoms with Crippen LogP contribution in [0.15, 0.2) is 0 Å². The van der Waals surface area contributed by atoms with E-state index < -0.39 is 0 Å². The molecule has 0 unspecified atom stereocenters. The summed E-state index contributed by atoms with van der Waals surface area (Å²) in [5.74, 6) is 5.72. The SMILES string of the molecule is CCCCCCCCSCSCCCCCC(=O)CCCCCSCSCCCCCCCC. The summed E-state index contributed by atoms with van der Waals surface area (Å²) in [4.78, 5) is 12.1. The molecule has 1 nitrogen and oxygen atoms in total. The molecule has 0 N–H and O–H groups in total. The summed E-state index contributed by atoms with van der Waals surface area (Å²) in [7, 11) is 0. The second kappa shape index (κ2) is 32.1. The highest BCUT2D eigenvalue weighted by Gasteiger charge is 2.02. The van der Waals surface area contributed by atoms with E-state index in [9.17, 15) is 4.79 Å². The van der Waals surface area contributed by atoms with Crippen LogP contribution in [-0.4, -0.2) is 39.0 Å². The lowest BCUT2D eigenvalue weighted by atomic mass is 10.1. The van der Waals surface area contributed by atoms with Crippen LogP contribution in [0.25, 0.3) is 0 Å². The average molecular weight is 551 g/mol. The van der Waals surface area contributed by atoms with Crippen molar-refractivity contribution in [2.75, 3.05) is 33.2 Å². The molecule has 0 aliphatic heterocycles. The predicted molar refractivity (Wildman–Crippen MR) is 168 cm³/mol. The zero-order valence-corrected chi connectivity index (χ0v) is 26.2. The van der Waals surface area contributed by atoms with Crippen molar-refractivity contribution in [1.82, 2.24) is 0 Å². The lowest BCUT2D eigenvalue weighted by Gasteiger charge is -2.04. The van der Waals surface area contributed by atoms with Gasteiger partial charge in [0.2, 0.25) is 0 Å². The first-order valence-electron chi connectivity index (χ1n) is 14.6. The van der Waals surface area contributed by atoms with E-state index >= 15 is 0 Å². The molecule has 0 spiro atoms. The van der Waals surface area contributed by atoms with E-state index in [0.29, 0.717) is 5.78 Å². The number of hydrogen-bond acceptors (Lipinski definition) is 5. The molecule has 0 fully saturated rings. The summed E-state index contributed by atoms with van der Waals surface area (Å²) in [5.41, 5.74) is 0. The summed E-state index contributed by atoms with van der Waals surface area (Å²) < 4.78 is 0. The quantitative estimate of drug-likeness (QED) is 0.0651. The van der Waals surface area contributed by atoms with E-state index in [0.717, 1.165) is 25.7 Å². The van der Waals surface area contributed by atoms with E-state index in [2.05, 4.69) is 60.9 Å². The van der Waals surface area contributed by atoms with E-state index in [4.69, 9.17) is 0 Å². The van der Waals surface area contributed by atoms with Crippen LogP contribution in [-0.2, 0) is 4.79 Å². The highest BCUT2D eigenvalue weighted by atomic mass is 32.2. The Hall–Kier alpha value is 1.07. The molecule has 34 heavy (non-hydrogen) atoms. The van der Waals surface area contributed by atoms with Crippen molar-refractivity contribution >= 4 is 52.8 Å². The van der Waals surface area contributed by atoms with Gasteiger partial charge in [0.1, 0.15) is 5.78 Å². The van der Waals surface area contributed by atoms with E-state index in [1.54, 1.807) is 0 Å². The van der Waals surface area contributed by atoms with Crippen molar-refractivity contribution in [1.29, 1.82) is 0 Å². The van der Waals surface area contributed by atoms with Gasteiger partial charge in [0.05, 0.1) is 0 Å². The molecule has 0 heterocycles. The van der Waals surface area contributed by atoms with Crippen LogP contribution in [0.1, 0.15) is 142 Å². The lowest BCUT2D eigenvalue weighted by molar-refractivity contribution is -0.119. The van der Waals surface area contributed by atoms with Crippen LogP contribution in [0, 0.1) is 0 Å². The second-order valence-electron chi connectivity index (χ2n) is 9.56. The second-order valence-corrected chi connectivity index (χ2v) is 14.7. The molecule has 0 amide bonds. The van der Waals surface area contributed by atoms with Crippen molar-refractivity contribution in [3.63, 3.8) is 0 Å². The van der Waals surface area contributed by atoms with Gasteiger partial charge in [0, 0.05) is 23.0 Å². The molecule has 5 heteroatoms. The Bertz CT molecular complexity index is 358. The number of hydrogen-bond donors (Lipinski definition) is 0. The number of unbranched alkanes of at least 4 members (excludes halogenated alkanes) is 14. The molecule has 0 atom stereocenters. The van der Waals surface area contributed by atoms with Crippen molar-refractivity contribution in [3.8, 4) is 0 Å². The van der Waals surface area contributed by atoms with Gasteiger partial charge in [0.15, 0.2) is 0 Å². The van der Waals surface area contributed by atoms with Crippen LogP contribution in [0.3, 0.4) is 0 Å². The van der Waals surface area contributed by atoms with Gasteiger partial charge in [-0.1, -0.05) is 90.9 Å². The minimum Gasteiger partial charge on any atom is -0.300 e. The number of carbonyl (C=O) groups is 1. The molecular weight excluding hydrogens is 493 g/mol. The van der Waals surface area contributed by atoms with Crippen LogP contribution in [0.4, 0.5) is 0 Å². The van der Waals surface area contributed by atoms with E-state index in [1.807, 2.05) is 0 Å². The fraction of sp³-hybridized carbons (Fsp3) is 0.966. The summed E-state index contributed by atoms with van der Waals surface area (Å²) in [6, 6.07) is 0. The van der Waals surface area contributed by atoms with Gasteiger partial charge in [-0.15, -0.1) is 0 Å². The third-order valence-corrected chi connectivity index (χ3v) is 11.1. The zero-order chi connectivity index (χ0) is 24.8. The van der Waals surface area contributed by atoms with Crippen molar-refractivity contribution < 1.29 is 4.79 Å². The fourth-order valence-corrected chi connectivity index (χ4v) is 8.32. The minimum absolute atomic E-state index is 0.504. The first-order chi connectivity index (χ1) is 16.8. The van der Waals surface area contributed by atoms with Gasteiger partial charge >= 0.3 is 0 Å². The third-order valence-electron chi connectivity index (χ3n) is 6.11. The van der Waals surface area contributed by atoms with E-state index in [1.165, 1.54) is 136 Å². The Kier molecular flexibility index (Phi) is 33.1. The average Bonchev–Trinajstić information content (AvgIpc) is 2.84. The molecule has 0 saturated carbocycles. The largest absolute Gasteiger partial charge is 0.300 e. The summed E-state index contributed by atoms with van der Waals surface area (Å²) in [6.45, 7) is 4.57. The maximum absolute atomic E-state index is 12.1. The van der Waals surface area contributed by atoms with Gasteiger partial charge < -0.3 is 0 Å². The normalized spacial score (nSPS) is 11.4. The van der Waals surface area contributed by atoms with Gasteiger partial charge in [-0.3, -0.25) is 4.79 Å². The van der Waals surface area contributed by atoms with Gasteiger partial charge in [-0.25, -0.2) is 0 Å². The Labute approximate surface area is 232 Å². The topological polar surface area (TPSA) is 17.1 Å². The maximum Gasteiger partial charge on any atom is 0.132 e. The van der Waals surface area contributed by atoms with Gasteiger partial charge in [-0.05, 0) is 61.5 Å². The molecule has 0 aromatic heterocycles. The molecule has 0 saturated heterocycles. The number of thioether (sulfide) groups is 4. The molecule has 0 aliphatic rings. The molecule has 204 valence electrons. The van der Waals surface area contributed by atoms with E-state index in [-0.39, 0.29) is 0 Å². The Morgan fingerprint density at radius 3 is 1.06 bits per heavy atom. The summed E-state index contributed by atoms with van der Waals surface area (Å²) >= 11 is 8.41. The molecular formula is C29H58OS4. The molecule has 0 aromatic rings.